The van der Waals surface area contributed by atoms with Gasteiger partial charge in [0.2, 0.25) is 0 Å². The van der Waals surface area contributed by atoms with Crippen molar-refractivity contribution in [1.82, 2.24) is 4.90 Å². The Morgan fingerprint density at radius 1 is 1.13 bits per heavy atom. The molecule has 23 heavy (non-hydrogen) atoms. The molecule has 0 atom stereocenters. The highest BCUT2D eigenvalue weighted by Crippen LogP contribution is 2.25. The van der Waals surface area contributed by atoms with E-state index >= 15 is 0 Å². The SMILES string of the molecule is CCOC(=O)C1=C(C(C)C)CN(C(=O)OCc2ccccc2)C1. The Morgan fingerprint density at radius 2 is 1.83 bits per heavy atom. The van der Waals surface area contributed by atoms with E-state index in [9.17, 15) is 9.59 Å². The van der Waals surface area contributed by atoms with Gasteiger partial charge in [-0.15, -0.1) is 0 Å². The lowest BCUT2D eigenvalue weighted by molar-refractivity contribution is -0.138. The van der Waals surface area contributed by atoms with E-state index in [0.717, 1.165) is 11.1 Å². The first-order valence-corrected chi connectivity index (χ1v) is 7.87. The van der Waals surface area contributed by atoms with Crippen molar-refractivity contribution < 1.29 is 19.1 Å². The Labute approximate surface area is 136 Å². The first kappa shape index (κ1) is 17.1. The number of ether oxygens (including phenoxy) is 2. The van der Waals surface area contributed by atoms with Crippen molar-refractivity contribution in [3.63, 3.8) is 0 Å². The minimum Gasteiger partial charge on any atom is -0.463 e. The smallest absolute Gasteiger partial charge is 0.410 e. The van der Waals surface area contributed by atoms with Crippen molar-refractivity contribution in [3.05, 3.63) is 47.0 Å². The van der Waals surface area contributed by atoms with E-state index < -0.39 is 6.09 Å². The maximum absolute atomic E-state index is 12.2. The standard InChI is InChI=1S/C18H23NO4/c1-4-22-17(20)16-11-19(10-15(16)13(2)3)18(21)23-12-14-8-6-5-7-9-14/h5-9,13H,4,10-12H2,1-3H3. The van der Waals surface area contributed by atoms with Crippen LogP contribution in [0.4, 0.5) is 4.79 Å². The lowest BCUT2D eigenvalue weighted by atomic mass is 10.00. The topological polar surface area (TPSA) is 55.8 Å². The van der Waals surface area contributed by atoms with Crippen molar-refractivity contribution in [3.8, 4) is 0 Å². The number of nitrogens with zero attached hydrogens (tertiary/aromatic N) is 1. The first-order chi connectivity index (χ1) is 11.0. The molecule has 0 saturated carbocycles. The highest BCUT2D eigenvalue weighted by molar-refractivity contribution is 5.92. The number of carbonyl (C=O) groups is 2. The zero-order chi connectivity index (χ0) is 16.8. The normalized spacial score (nSPS) is 14.3. The van der Waals surface area contributed by atoms with Crippen LogP contribution in [0, 0.1) is 5.92 Å². The van der Waals surface area contributed by atoms with E-state index in [-0.39, 0.29) is 25.0 Å². The number of rotatable bonds is 5. The highest BCUT2D eigenvalue weighted by Gasteiger charge is 2.32. The molecule has 0 aliphatic carbocycles. The molecule has 0 radical (unpaired) electrons. The monoisotopic (exact) mass is 317 g/mol. The number of hydrogen-bond donors (Lipinski definition) is 0. The third-order valence-electron chi connectivity index (χ3n) is 3.78. The summed E-state index contributed by atoms with van der Waals surface area (Å²) in [6.45, 7) is 7.00. The van der Waals surface area contributed by atoms with Gasteiger partial charge in [0.15, 0.2) is 0 Å². The Kier molecular flexibility index (Phi) is 5.79. The second-order valence-electron chi connectivity index (χ2n) is 5.78. The summed E-state index contributed by atoms with van der Waals surface area (Å²) in [5.74, 6) is -0.157. The van der Waals surface area contributed by atoms with Crippen molar-refractivity contribution in [2.45, 2.75) is 27.4 Å². The van der Waals surface area contributed by atoms with E-state index in [2.05, 4.69) is 0 Å². The molecule has 0 fully saturated rings. The molecular formula is C18H23NO4. The van der Waals surface area contributed by atoms with Crippen LogP contribution < -0.4 is 0 Å². The maximum atomic E-state index is 12.2. The molecule has 0 unspecified atom stereocenters. The zero-order valence-corrected chi connectivity index (χ0v) is 13.9. The van der Waals surface area contributed by atoms with Gasteiger partial charge >= 0.3 is 12.1 Å². The molecule has 1 aromatic carbocycles. The Hall–Kier alpha value is -2.30. The van der Waals surface area contributed by atoms with E-state index in [0.29, 0.717) is 18.7 Å². The number of hydrogen-bond acceptors (Lipinski definition) is 4. The highest BCUT2D eigenvalue weighted by atomic mass is 16.6. The summed E-state index contributed by atoms with van der Waals surface area (Å²) >= 11 is 0. The van der Waals surface area contributed by atoms with Crippen molar-refractivity contribution in [2.75, 3.05) is 19.7 Å². The van der Waals surface area contributed by atoms with Crippen LogP contribution in [0.1, 0.15) is 26.3 Å². The van der Waals surface area contributed by atoms with Crippen LogP contribution in [0.5, 0.6) is 0 Å². The van der Waals surface area contributed by atoms with E-state index in [1.54, 1.807) is 11.8 Å². The molecule has 2 rings (SSSR count). The van der Waals surface area contributed by atoms with Gasteiger partial charge in [-0.25, -0.2) is 9.59 Å². The van der Waals surface area contributed by atoms with Crippen LogP contribution >= 0.6 is 0 Å². The Balaban J connectivity index is 1.97. The molecule has 1 aromatic rings. The fraction of sp³-hybridized carbons (Fsp3) is 0.444. The first-order valence-electron chi connectivity index (χ1n) is 7.87. The minimum absolute atomic E-state index is 0.182. The molecule has 1 amide bonds. The molecule has 0 saturated heterocycles. The minimum atomic E-state index is -0.411. The molecule has 1 heterocycles. The second-order valence-corrected chi connectivity index (χ2v) is 5.78. The van der Waals surface area contributed by atoms with Crippen molar-refractivity contribution >= 4 is 12.1 Å². The van der Waals surface area contributed by atoms with Gasteiger partial charge in [0.25, 0.3) is 0 Å². The Bertz CT molecular complexity index is 592. The maximum Gasteiger partial charge on any atom is 0.410 e. The molecule has 5 heteroatoms. The molecule has 0 aromatic heterocycles. The number of benzene rings is 1. The van der Waals surface area contributed by atoms with Gasteiger partial charge in [-0.1, -0.05) is 44.2 Å². The molecule has 1 aliphatic heterocycles. The van der Waals surface area contributed by atoms with Gasteiger partial charge in [0, 0.05) is 6.54 Å². The zero-order valence-electron chi connectivity index (χ0n) is 13.9. The largest absolute Gasteiger partial charge is 0.463 e. The number of carbonyl (C=O) groups excluding carboxylic acids is 2. The van der Waals surface area contributed by atoms with Gasteiger partial charge in [0.1, 0.15) is 6.61 Å². The van der Waals surface area contributed by atoms with Gasteiger partial charge < -0.3 is 9.47 Å². The van der Waals surface area contributed by atoms with Crippen molar-refractivity contribution in [1.29, 1.82) is 0 Å². The molecule has 1 aliphatic rings. The van der Waals surface area contributed by atoms with E-state index in [1.165, 1.54) is 0 Å². The average molecular weight is 317 g/mol. The predicted octanol–water partition coefficient (Wildman–Crippen LogP) is 3.15. The van der Waals surface area contributed by atoms with Gasteiger partial charge in [0.05, 0.1) is 18.7 Å². The summed E-state index contributed by atoms with van der Waals surface area (Å²) in [4.78, 5) is 25.8. The van der Waals surface area contributed by atoms with Crippen LogP contribution in [0.2, 0.25) is 0 Å². The van der Waals surface area contributed by atoms with Gasteiger partial charge in [-0.2, -0.15) is 0 Å². The predicted molar refractivity (Wildman–Crippen MR) is 86.7 cm³/mol. The van der Waals surface area contributed by atoms with Crippen LogP contribution in [0.15, 0.2) is 41.5 Å². The van der Waals surface area contributed by atoms with Crippen LogP contribution in [-0.2, 0) is 20.9 Å². The van der Waals surface area contributed by atoms with E-state index in [4.69, 9.17) is 9.47 Å². The summed E-state index contributed by atoms with van der Waals surface area (Å²) in [5.41, 5.74) is 2.46. The number of esters is 1. The van der Waals surface area contributed by atoms with Crippen molar-refractivity contribution in [2.24, 2.45) is 5.92 Å². The van der Waals surface area contributed by atoms with E-state index in [1.807, 2.05) is 44.2 Å². The van der Waals surface area contributed by atoms with Crippen LogP contribution in [0.3, 0.4) is 0 Å². The summed E-state index contributed by atoms with van der Waals surface area (Å²) in [6, 6.07) is 9.51. The summed E-state index contributed by atoms with van der Waals surface area (Å²) in [7, 11) is 0. The lowest BCUT2D eigenvalue weighted by Crippen LogP contribution is -2.31. The average Bonchev–Trinajstić information content (AvgIpc) is 2.99. The van der Waals surface area contributed by atoms with Crippen LogP contribution in [-0.4, -0.2) is 36.7 Å². The van der Waals surface area contributed by atoms with Crippen LogP contribution in [0.25, 0.3) is 0 Å². The summed E-state index contributed by atoms with van der Waals surface area (Å²) in [6.07, 6.45) is -0.411. The summed E-state index contributed by atoms with van der Waals surface area (Å²) < 4.78 is 10.4. The third-order valence-corrected chi connectivity index (χ3v) is 3.78. The van der Waals surface area contributed by atoms with Gasteiger partial charge in [-0.05, 0) is 24.0 Å². The molecule has 5 nitrogen and oxygen atoms in total. The molecule has 0 bridgehead atoms. The Morgan fingerprint density at radius 3 is 2.43 bits per heavy atom. The summed E-state index contributed by atoms with van der Waals surface area (Å²) in [5, 5.41) is 0. The fourth-order valence-corrected chi connectivity index (χ4v) is 2.53. The number of amides is 1. The molecule has 0 spiro atoms. The quantitative estimate of drug-likeness (QED) is 0.783. The lowest BCUT2D eigenvalue weighted by Gasteiger charge is -2.17. The second kappa shape index (κ2) is 7.81. The third kappa shape index (κ3) is 4.34. The van der Waals surface area contributed by atoms with Gasteiger partial charge in [-0.3, -0.25) is 4.90 Å². The molecular weight excluding hydrogens is 294 g/mol. The molecule has 0 N–H and O–H groups in total. The fourth-order valence-electron chi connectivity index (χ4n) is 2.53. The molecule has 124 valence electrons.